The van der Waals surface area contributed by atoms with Gasteiger partial charge in [0.2, 0.25) is 0 Å². The Morgan fingerprint density at radius 2 is 1.85 bits per heavy atom. The van der Waals surface area contributed by atoms with Crippen molar-refractivity contribution in [1.82, 2.24) is 0 Å². The molecule has 0 bridgehead atoms. The van der Waals surface area contributed by atoms with E-state index in [9.17, 15) is 0 Å². The highest BCUT2D eigenvalue weighted by molar-refractivity contribution is 6.33. The maximum absolute atomic E-state index is 6.15. The summed E-state index contributed by atoms with van der Waals surface area (Å²) in [6.07, 6.45) is 1.99. The van der Waals surface area contributed by atoms with Crippen molar-refractivity contribution >= 4 is 40.5 Å². The van der Waals surface area contributed by atoms with Crippen LogP contribution in [0.15, 0.2) is 42.5 Å². The topological polar surface area (TPSA) is 12.0 Å². The van der Waals surface area contributed by atoms with Gasteiger partial charge in [0.05, 0.1) is 0 Å². The summed E-state index contributed by atoms with van der Waals surface area (Å²) in [5, 5.41) is 4.79. The molecule has 0 amide bonds. The molecular weight excluding hydrogens is 313 g/mol. The van der Waals surface area contributed by atoms with E-state index in [0.717, 1.165) is 29.1 Å². The fourth-order valence-electron chi connectivity index (χ4n) is 1.98. The number of anilines is 1. The van der Waals surface area contributed by atoms with Gasteiger partial charge in [0.15, 0.2) is 0 Å². The molecule has 0 saturated carbocycles. The van der Waals surface area contributed by atoms with Crippen molar-refractivity contribution in [3.63, 3.8) is 0 Å². The Hall–Kier alpha value is -0.890. The van der Waals surface area contributed by atoms with E-state index in [4.69, 9.17) is 34.8 Å². The van der Waals surface area contributed by atoms with Gasteiger partial charge in [-0.2, -0.15) is 0 Å². The van der Waals surface area contributed by atoms with E-state index in [2.05, 4.69) is 17.4 Å². The number of hydrogen-bond donors (Lipinski definition) is 1. The van der Waals surface area contributed by atoms with Crippen LogP contribution in [-0.2, 0) is 13.0 Å². The van der Waals surface area contributed by atoms with Gasteiger partial charge in [-0.1, -0.05) is 35.3 Å². The molecule has 0 aromatic heterocycles. The number of alkyl halides is 1. The Bertz CT molecular complexity index is 569. The lowest BCUT2D eigenvalue weighted by atomic mass is 10.1. The van der Waals surface area contributed by atoms with Crippen molar-refractivity contribution in [1.29, 1.82) is 0 Å². The Balaban J connectivity index is 2.01. The first-order chi connectivity index (χ1) is 9.69. The summed E-state index contributed by atoms with van der Waals surface area (Å²) in [4.78, 5) is 0. The van der Waals surface area contributed by atoms with Crippen molar-refractivity contribution < 1.29 is 0 Å². The Kier molecular flexibility index (Phi) is 6.03. The van der Waals surface area contributed by atoms with Crippen LogP contribution in [0.2, 0.25) is 10.0 Å². The standard InChI is InChI=1S/C16H16Cl3N/c17-8-2-4-12-3-1-5-15(9-12)20-11-13-10-14(18)6-7-16(13)19/h1,3,5-7,9-10,20H,2,4,8,11H2. The van der Waals surface area contributed by atoms with Gasteiger partial charge in [-0.15, -0.1) is 11.6 Å². The first kappa shape index (κ1) is 15.5. The average molecular weight is 329 g/mol. The molecule has 1 nitrogen and oxygen atoms in total. The molecule has 4 heteroatoms. The minimum atomic E-state index is 0.651. The normalized spacial score (nSPS) is 10.6. The summed E-state index contributed by atoms with van der Waals surface area (Å²) in [6.45, 7) is 0.651. The van der Waals surface area contributed by atoms with Crippen LogP contribution in [-0.4, -0.2) is 5.88 Å². The molecule has 0 fully saturated rings. The lowest BCUT2D eigenvalue weighted by Gasteiger charge is -2.10. The fourth-order valence-corrected chi connectivity index (χ4v) is 2.50. The summed E-state index contributed by atoms with van der Waals surface area (Å²) in [7, 11) is 0. The van der Waals surface area contributed by atoms with Gasteiger partial charge < -0.3 is 5.32 Å². The highest BCUT2D eigenvalue weighted by Crippen LogP contribution is 2.22. The summed E-state index contributed by atoms with van der Waals surface area (Å²) in [5.41, 5.74) is 3.35. The molecule has 0 atom stereocenters. The maximum Gasteiger partial charge on any atom is 0.0456 e. The molecule has 106 valence electrons. The monoisotopic (exact) mass is 327 g/mol. The quantitative estimate of drug-likeness (QED) is 0.663. The van der Waals surface area contributed by atoms with Crippen LogP contribution in [0.3, 0.4) is 0 Å². The second-order valence-corrected chi connectivity index (χ2v) is 5.80. The first-order valence-corrected chi connectivity index (χ1v) is 7.81. The molecule has 20 heavy (non-hydrogen) atoms. The van der Waals surface area contributed by atoms with Crippen LogP contribution in [0, 0.1) is 0 Å². The zero-order chi connectivity index (χ0) is 14.4. The number of halogens is 3. The Labute approximate surface area is 134 Å². The highest BCUT2D eigenvalue weighted by Gasteiger charge is 2.02. The average Bonchev–Trinajstić information content (AvgIpc) is 2.46. The second kappa shape index (κ2) is 7.78. The molecule has 0 aliphatic rings. The highest BCUT2D eigenvalue weighted by atomic mass is 35.5. The van der Waals surface area contributed by atoms with Crippen LogP contribution < -0.4 is 5.32 Å². The number of hydrogen-bond acceptors (Lipinski definition) is 1. The number of rotatable bonds is 6. The van der Waals surface area contributed by atoms with Gasteiger partial charge >= 0.3 is 0 Å². The van der Waals surface area contributed by atoms with Gasteiger partial charge in [-0.3, -0.25) is 0 Å². The molecule has 0 aliphatic carbocycles. The van der Waals surface area contributed by atoms with Gasteiger partial charge in [-0.05, 0) is 54.3 Å². The molecule has 2 aromatic rings. The van der Waals surface area contributed by atoms with Crippen LogP contribution >= 0.6 is 34.8 Å². The van der Waals surface area contributed by atoms with Crippen LogP contribution in [0.25, 0.3) is 0 Å². The molecule has 0 unspecified atom stereocenters. The molecular formula is C16H16Cl3N. The van der Waals surface area contributed by atoms with E-state index in [0.29, 0.717) is 17.4 Å². The molecule has 0 heterocycles. The molecule has 0 radical (unpaired) electrons. The van der Waals surface area contributed by atoms with Crippen LogP contribution in [0.1, 0.15) is 17.5 Å². The van der Waals surface area contributed by atoms with Crippen LogP contribution in [0.4, 0.5) is 5.69 Å². The molecule has 2 rings (SSSR count). The second-order valence-electron chi connectivity index (χ2n) is 4.58. The van der Waals surface area contributed by atoms with Crippen molar-refractivity contribution in [3.8, 4) is 0 Å². The van der Waals surface area contributed by atoms with E-state index >= 15 is 0 Å². The SMILES string of the molecule is ClCCCc1cccc(NCc2cc(Cl)ccc2Cl)c1. The zero-order valence-corrected chi connectivity index (χ0v) is 13.3. The van der Waals surface area contributed by atoms with Gasteiger partial charge in [0.1, 0.15) is 0 Å². The van der Waals surface area contributed by atoms with E-state index in [1.807, 2.05) is 24.3 Å². The summed E-state index contributed by atoms with van der Waals surface area (Å²) >= 11 is 17.9. The summed E-state index contributed by atoms with van der Waals surface area (Å²) in [5.74, 6) is 0.690. The fraction of sp³-hybridized carbons (Fsp3) is 0.250. The Morgan fingerprint density at radius 3 is 2.65 bits per heavy atom. The largest absolute Gasteiger partial charge is 0.381 e. The van der Waals surface area contributed by atoms with E-state index in [-0.39, 0.29) is 0 Å². The van der Waals surface area contributed by atoms with Crippen LogP contribution in [0.5, 0.6) is 0 Å². The number of aryl methyl sites for hydroxylation is 1. The maximum atomic E-state index is 6.15. The predicted octanol–water partition coefficient (Wildman–Crippen LogP) is 5.78. The minimum absolute atomic E-state index is 0.651. The lowest BCUT2D eigenvalue weighted by molar-refractivity contribution is 0.928. The first-order valence-electron chi connectivity index (χ1n) is 6.52. The third kappa shape index (κ3) is 4.59. The summed E-state index contributed by atoms with van der Waals surface area (Å²) < 4.78 is 0. The van der Waals surface area contributed by atoms with Gasteiger partial charge in [0, 0.05) is 28.2 Å². The van der Waals surface area contributed by atoms with E-state index < -0.39 is 0 Å². The lowest BCUT2D eigenvalue weighted by Crippen LogP contribution is -2.00. The molecule has 0 spiro atoms. The zero-order valence-electron chi connectivity index (χ0n) is 11.0. The third-order valence-corrected chi connectivity index (χ3v) is 3.89. The number of benzene rings is 2. The van der Waals surface area contributed by atoms with E-state index in [1.165, 1.54) is 5.56 Å². The van der Waals surface area contributed by atoms with Crippen molar-refractivity contribution in [3.05, 3.63) is 63.6 Å². The molecule has 0 saturated heterocycles. The van der Waals surface area contributed by atoms with Crippen molar-refractivity contribution in [2.75, 3.05) is 11.2 Å². The van der Waals surface area contributed by atoms with Gasteiger partial charge in [0.25, 0.3) is 0 Å². The number of nitrogens with one attached hydrogen (secondary N) is 1. The summed E-state index contributed by atoms with van der Waals surface area (Å²) in [6, 6.07) is 13.8. The molecule has 0 aliphatic heterocycles. The minimum Gasteiger partial charge on any atom is -0.381 e. The third-order valence-electron chi connectivity index (χ3n) is 3.02. The molecule has 2 aromatic carbocycles. The van der Waals surface area contributed by atoms with Crippen molar-refractivity contribution in [2.45, 2.75) is 19.4 Å². The van der Waals surface area contributed by atoms with E-state index in [1.54, 1.807) is 6.07 Å². The van der Waals surface area contributed by atoms with Crippen molar-refractivity contribution in [2.24, 2.45) is 0 Å². The predicted molar refractivity (Wildman–Crippen MR) is 89.3 cm³/mol. The van der Waals surface area contributed by atoms with Gasteiger partial charge in [-0.25, -0.2) is 0 Å². The molecule has 1 N–H and O–H groups in total. The smallest absolute Gasteiger partial charge is 0.0456 e. The Morgan fingerprint density at radius 1 is 1.00 bits per heavy atom.